The summed E-state index contributed by atoms with van der Waals surface area (Å²) in [6.45, 7) is 6.36. The zero-order valence-corrected chi connectivity index (χ0v) is 15.9. The number of esters is 1. The van der Waals surface area contributed by atoms with Crippen molar-refractivity contribution >= 4 is 23.3 Å². The van der Waals surface area contributed by atoms with Crippen molar-refractivity contribution in [3.63, 3.8) is 0 Å². The zero-order valence-electron chi connectivity index (χ0n) is 15.9. The van der Waals surface area contributed by atoms with E-state index in [9.17, 15) is 29.4 Å². The molecule has 0 bridgehead atoms. The van der Waals surface area contributed by atoms with Gasteiger partial charge in [-0.2, -0.15) is 0 Å². The number of ether oxygens (including phenoxy) is 2. The maximum absolute atomic E-state index is 13.2. The van der Waals surface area contributed by atoms with E-state index >= 15 is 0 Å². The molecule has 0 amide bonds. The molecule has 0 saturated heterocycles. The van der Waals surface area contributed by atoms with Crippen molar-refractivity contribution in [3.05, 3.63) is 39.9 Å². The maximum atomic E-state index is 13.2. The Balaban J connectivity index is 2.45. The minimum Gasteiger partial charge on any atom is -0.507 e. The van der Waals surface area contributed by atoms with Crippen LogP contribution in [0.1, 0.15) is 49.2 Å². The van der Waals surface area contributed by atoms with Gasteiger partial charge in [-0.3, -0.25) is 19.2 Å². The van der Waals surface area contributed by atoms with Crippen LogP contribution in [0.2, 0.25) is 0 Å². The Hall–Kier alpha value is -3.42. The molecule has 1 aromatic rings. The van der Waals surface area contributed by atoms with Gasteiger partial charge < -0.3 is 19.7 Å². The normalized spacial score (nSPS) is 20.2. The van der Waals surface area contributed by atoms with Gasteiger partial charge in [0, 0.05) is 18.6 Å². The molecular weight excluding hydrogens is 368 g/mol. The standard InChI is InChI=1S/C20H18O8/c1-7-16(25)14(9(3)22)18-15(17(7)27-10(4)23)20(5)12(28-18)6-11(24)13(8(2)21)19(20)26/h6,24-25H,1-5H3. The van der Waals surface area contributed by atoms with E-state index in [1.807, 2.05) is 0 Å². The second-order valence-electron chi connectivity index (χ2n) is 6.91. The molecule has 1 aromatic carbocycles. The Morgan fingerprint density at radius 3 is 2.21 bits per heavy atom. The summed E-state index contributed by atoms with van der Waals surface area (Å²) in [5.74, 6) is -3.99. The molecule has 2 aliphatic rings. The third-order valence-corrected chi connectivity index (χ3v) is 4.97. The Morgan fingerprint density at radius 2 is 1.71 bits per heavy atom. The lowest BCUT2D eigenvalue weighted by Gasteiger charge is -2.28. The summed E-state index contributed by atoms with van der Waals surface area (Å²) >= 11 is 0. The number of carbonyl (C=O) groups excluding carboxylic acids is 4. The third kappa shape index (κ3) is 2.37. The van der Waals surface area contributed by atoms with Crippen LogP contribution in [0.3, 0.4) is 0 Å². The van der Waals surface area contributed by atoms with E-state index in [0.29, 0.717) is 0 Å². The fraction of sp³-hybridized carbons (Fsp3) is 0.300. The lowest BCUT2D eigenvalue weighted by atomic mass is 9.71. The molecule has 1 aliphatic heterocycles. The first-order chi connectivity index (χ1) is 12.9. The molecule has 0 aromatic heterocycles. The average Bonchev–Trinajstić information content (AvgIpc) is 2.84. The predicted octanol–water partition coefficient (Wildman–Crippen LogP) is 2.35. The van der Waals surface area contributed by atoms with Gasteiger partial charge in [0.1, 0.15) is 45.3 Å². The van der Waals surface area contributed by atoms with Crippen LogP contribution in [0.15, 0.2) is 23.2 Å². The SMILES string of the molecule is CC(=O)Oc1c(C)c(O)c(C(C)=O)c2c1C1(C)C(=O)C(C(C)=O)=C(O)C=C1O2. The van der Waals surface area contributed by atoms with Crippen LogP contribution in [0.4, 0.5) is 0 Å². The van der Waals surface area contributed by atoms with E-state index in [-0.39, 0.29) is 33.9 Å². The summed E-state index contributed by atoms with van der Waals surface area (Å²) in [6, 6.07) is 0. The van der Waals surface area contributed by atoms with Gasteiger partial charge in [-0.15, -0.1) is 0 Å². The van der Waals surface area contributed by atoms with Crippen LogP contribution >= 0.6 is 0 Å². The lowest BCUT2D eigenvalue weighted by molar-refractivity contribution is -0.132. The molecule has 1 atom stereocenters. The van der Waals surface area contributed by atoms with Gasteiger partial charge in [0.2, 0.25) is 0 Å². The van der Waals surface area contributed by atoms with Crippen molar-refractivity contribution in [2.45, 2.75) is 40.0 Å². The first-order valence-corrected chi connectivity index (χ1v) is 8.41. The van der Waals surface area contributed by atoms with Crippen LogP contribution in [0, 0.1) is 6.92 Å². The number of Topliss-reactive ketones (excluding diaryl/α,β-unsaturated/α-hetero) is 3. The Kier molecular flexibility index (Phi) is 4.18. The van der Waals surface area contributed by atoms with Gasteiger partial charge in [-0.25, -0.2) is 0 Å². The van der Waals surface area contributed by atoms with Crippen LogP contribution in [-0.4, -0.2) is 33.5 Å². The number of aliphatic hydroxyl groups excluding tert-OH is 1. The van der Waals surface area contributed by atoms with Crippen molar-refractivity contribution in [1.82, 2.24) is 0 Å². The van der Waals surface area contributed by atoms with Gasteiger partial charge in [0.15, 0.2) is 17.3 Å². The number of benzene rings is 1. The number of rotatable bonds is 3. The molecular formula is C20H18O8. The van der Waals surface area contributed by atoms with E-state index in [0.717, 1.165) is 19.9 Å². The highest BCUT2D eigenvalue weighted by atomic mass is 16.5. The van der Waals surface area contributed by atoms with Crippen molar-refractivity contribution in [3.8, 4) is 17.2 Å². The molecule has 0 fully saturated rings. The molecule has 0 spiro atoms. The summed E-state index contributed by atoms with van der Waals surface area (Å²) in [4.78, 5) is 49.0. The van der Waals surface area contributed by atoms with E-state index in [2.05, 4.69) is 0 Å². The molecule has 0 radical (unpaired) electrons. The summed E-state index contributed by atoms with van der Waals surface area (Å²) in [5, 5.41) is 20.6. The number of ketones is 3. The largest absolute Gasteiger partial charge is 0.507 e. The molecule has 28 heavy (non-hydrogen) atoms. The maximum Gasteiger partial charge on any atom is 0.308 e. The molecule has 146 valence electrons. The van der Waals surface area contributed by atoms with Crippen molar-refractivity contribution in [2.24, 2.45) is 0 Å². The lowest BCUT2D eigenvalue weighted by Crippen LogP contribution is -2.39. The minimum absolute atomic E-state index is 0.0455. The quantitative estimate of drug-likeness (QED) is 0.351. The third-order valence-electron chi connectivity index (χ3n) is 4.97. The fourth-order valence-corrected chi connectivity index (χ4v) is 3.61. The molecule has 1 aliphatic carbocycles. The van der Waals surface area contributed by atoms with E-state index < -0.39 is 45.8 Å². The van der Waals surface area contributed by atoms with Gasteiger partial charge in [0.25, 0.3) is 0 Å². The number of hydrogen-bond acceptors (Lipinski definition) is 8. The summed E-state index contributed by atoms with van der Waals surface area (Å²) in [5.41, 5.74) is -2.12. The molecule has 2 N–H and O–H groups in total. The summed E-state index contributed by atoms with van der Waals surface area (Å²) in [7, 11) is 0. The number of phenolic OH excluding ortho intramolecular Hbond substituents is 1. The fourth-order valence-electron chi connectivity index (χ4n) is 3.61. The number of phenols is 1. The molecule has 0 saturated carbocycles. The van der Waals surface area contributed by atoms with E-state index in [1.165, 1.54) is 20.8 Å². The highest BCUT2D eigenvalue weighted by Gasteiger charge is 2.56. The van der Waals surface area contributed by atoms with Gasteiger partial charge in [0.05, 0.1) is 5.56 Å². The van der Waals surface area contributed by atoms with Crippen LogP contribution < -0.4 is 9.47 Å². The Bertz CT molecular complexity index is 1060. The van der Waals surface area contributed by atoms with E-state index in [1.54, 1.807) is 0 Å². The summed E-state index contributed by atoms with van der Waals surface area (Å²) < 4.78 is 11.0. The van der Waals surface area contributed by atoms with Crippen LogP contribution in [-0.2, 0) is 19.8 Å². The highest BCUT2D eigenvalue weighted by molar-refractivity contribution is 6.26. The van der Waals surface area contributed by atoms with Gasteiger partial charge >= 0.3 is 5.97 Å². The number of aromatic hydroxyl groups is 1. The number of carbonyl (C=O) groups is 4. The molecule has 1 heterocycles. The minimum atomic E-state index is -1.63. The average molecular weight is 386 g/mol. The molecule has 3 rings (SSSR count). The highest BCUT2D eigenvalue weighted by Crippen LogP contribution is 2.58. The van der Waals surface area contributed by atoms with Crippen LogP contribution in [0.5, 0.6) is 17.2 Å². The summed E-state index contributed by atoms with van der Waals surface area (Å²) in [6.07, 6.45) is 1.12. The number of allylic oxidation sites excluding steroid dienone is 3. The monoisotopic (exact) mass is 386 g/mol. The van der Waals surface area contributed by atoms with E-state index in [4.69, 9.17) is 9.47 Å². The van der Waals surface area contributed by atoms with Crippen molar-refractivity contribution < 1.29 is 38.9 Å². The van der Waals surface area contributed by atoms with Crippen molar-refractivity contribution in [2.75, 3.05) is 0 Å². The molecule has 1 unspecified atom stereocenters. The topological polar surface area (TPSA) is 127 Å². The predicted molar refractivity (Wildman–Crippen MR) is 95.6 cm³/mol. The Morgan fingerprint density at radius 1 is 1.11 bits per heavy atom. The van der Waals surface area contributed by atoms with Crippen molar-refractivity contribution in [1.29, 1.82) is 0 Å². The molecule has 8 nitrogen and oxygen atoms in total. The van der Waals surface area contributed by atoms with Gasteiger partial charge in [-0.1, -0.05) is 0 Å². The number of aliphatic hydroxyl groups is 1. The molecule has 8 heteroatoms. The number of hydrogen-bond donors (Lipinski definition) is 2. The van der Waals surface area contributed by atoms with Crippen LogP contribution in [0.25, 0.3) is 0 Å². The first kappa shape index (κ1) is 19.3. The first-order valence-electron chi connectivity index (χ1n) is 8.41. The zero-order chi connectivity index (χ0) is 21.1. The second-order valence-corrected chi connectivity index (χ2v) is 6.91. The second kappa shape index (κ2) is 6.05. The number of fused-ring (bicyclic) bond motifs is 3. The Labute approximate surface area is 160 Å². The smallest absolute Gasteiger partial charge is 0.308 e. The van der Waals surface area contributed by atoms with Gasteiger partial charge in [-0.05, 0) is 27.7 Å².